The number of rotatable bonds is 4. The molecular formula is C14H12FN3O2. The van der Waals surface area contributed by atoms with E-state index >= 15 is 0 Å². The number of nitrogens with zero attached hydrogens (tertiary/aromatic N) is 2. The van der Waals surface area contributed by atoms with E-state index in [2.05, 4.69) is 9.97 Å². The van der Waals surface area contributed by atoms with Gasteiger partial charge in [-0.1, -0.05) is 0 Å². The van der Waals surface area contributed by atoms with Gasteiger partial charge >= 0.3 is 5.97 Å². The molecule has 0 radical (unpaired) electrons. The van der Waals surface area contributed by atoms with Crippen molar-refractivity contribution in [3.05, 3.63) is 54.4 Å². The number of hydrogen-bond acceptors (Lipinski definition) is 2. The van der Waals surface area contributed by atoms with Gasteiger partial charge in [-0.15, -0.1) is 0 Å². The van der Waals surface area contributed by atoms with Crippen molar-refractivity contribution in [2.24, 2.45) is 0 Å². The summed E-state index contributed by atoms with van der Waals surface area (Å²) in [4.78, 5) is 18.6. The van der Waals surface area contributed by atoms with Crippen LogP contribution in [0.5, 0.6) is 0 Å². The van der Waals surface area contributed by atoms with Gasteiger partial charge in [0.05, 0.1) is 11.0 Å². The number of carboxylic acid groups (broad SMARTS) is 1. The molecule has 6 heteroatoms. The normalized spacial score (nSPS) is 12.7. The Labute approximate surface area is 113 Å². The number of H-pyrrole nitrogens is 1. The molecule has 0 saturated carbocycles. The number of benzene rings is 1. The highest BCUT2D eigenvalue weighted by atomic mass is 19.1. The Hall–Kier alpha value is -2.63. The number of halogens is 1. The highest BCUT2D eigenvalue weighted by Crippen LogP contribution is 2.18. The Kier molecular flexibility index (Phi) is 2.98. The first kappa shape index (κ1) is 12.4. The predicted molar refractivity (Wildman–Crippen MR) is 70.9 cm³/mol. The van der Waals surface area contributed by atoms with Gasteiger partial charge in [0.2, 0.25) is 0 Å². The van der Waals surface area contributed by atoms with Crippen molar-refractivity contribution in [3.63, 3.8) is 0 Å². The van der Waals surface area contributed by atoms with Gasteiger partial charge in [-0.2, -0.15) is 0 Å². The predicted octanol–water partition coefficient (Wildman–Crippen LogP) is 2.37. The van der Waals surface area contributed by atoms with Crippen LogP contribution in [0.25, 0.3) is 11.0 Å². The van der Waals surface area contributed by atoms with Gasteiger partial charge in [0.25, 0.3) is 0 Å². The van der Waals surface area contributed by atoms with E-state index in [1.165, 1.54) is 12.1 Å². The molecule has 0 spiro atoms. The van der Waals surface area contributed by atoms with E-state index in [-0.39, 0.29) is 12.2 Å². The number of aliphatic carboxylic acids is 1. The fraction of sp³-hybridized carbons (Fsp3) is 0.143. The fourth-order valence-electron chi connectivity index (χ4n) is 2.19. The Bertz CT molecular complexity index is 749. The summed E-state index contributed by atoms with van der Waals surface area (Å²) >= 11 is 0. The molecule has 5 nitrogen and oxygen atoms in total. The van der Waals surface area contributed by atoms with Crippen LogP contribution >= 0.6 is 0 Å². The number of hydrogen-bond donors (Lipinski definition) is 2. The highest BCUT2D eigenvalue weighted by molar-refractivity contribution is 5.76. The lowest BCUT2D eigenvalue weighted by Crippen LogP contribution is -2.20. The van der Waals surface area contributed by atoms with Gasteiger partial charge in [-0.05, 0) is 30.3 Å². The molecule has 2 N–H and O–H groups in total. The molecule has 0 aliphatic rings. The summed E-state index contributed by atoms with van der Waals surface area (Å²) in [6.07, 6.45) is 3.60. The SMILES string of the molecule is O=C(O)[C@@H](Cc1nc2ccc(F)cc2[nH]1)n1cccc1. The van der Waals surface area contributed by atoms with E-state index < -0.39 is 12.0 Å². The first-order valence-electron chi connectivity index (χ1n) is 6.13. The fourth-order valence-corrected chi connectivity index (χ4v) is 2.19. The van der Waals surface area contributed by atoms with E-state index in [1.807, 2.05) is 0 Å². The van der Waals surface area contributed by atoms with Crippen molar-refractivity contribution in [3.8, 4) is 0 Å². The zero-order valence-corrected chi connectivity index (χ0v) is 10.5. The van der Waals surface area contributed by atoms with Crippen LogP contribution in [0.2, 0.25) is 0 Å². The van der Waals surface area contributed by atoms with E-state index in [9.17, 15) is 14.3 Å². The molecule has 1 atom stereocenters. The second-order valence-electron chi connectivity index (χ2n) is 4.53. The van der Waals surface area contributed by atoms with Crippen molar-refractivity contribution in [1.82, 2.24) is 14.5 Å². The Morgan fingerprint density at radius 3 is 2.85 bits per heavy atom. The molecule has 0 saturated heterocycles. The third-order valence-electron chi connectivity index (χ3n) is 3.15. The first-order valence-corrected chi connectivity index (χ1v) is 6.13. The summed E-state index contributed by atoms with van der Waals surface area (Å²) in [6, 6.07) is 7.03. The average Bonchev–Trinajstić information content (AvgIpc) is 3.03. The van der Waals surface area contributed by atoms with Crippen molar-refractivity contribution in [1.29, 1.82) is 0 Å². The number of imidazole rings is 1. The van der Waals surface area contributed by atoms with Gasteiger partial charge in [0.1, 0.15) is 17.7 Å². The minimum absolute atomic E-state index is 0.209. The number of nitrogens with one attached hydrogen (secondary N) is 1. The molecule has 0 aliphatic carbocycles. The second kappa shape index (κ2) is 4.80. The molecule has 0 fully saturated rings. The standard InChI is InChI=1S/C14H12FN3O2/c15-9-3-4-10-11(7-9)17-13(16-10)8-12(14(19)20)18-5-1-2-6-18/h1-7,12H,8H2,(H,16,17)(H,19,20)/t12-/m1/s1. The molecule has 0 unspecified atom stereocenters. The average molecular weight is 273 g/mol. The summed E-state index contributed by atoms with van der Waals surface area (Å²) in [7, 11) is 0. The lowest BCUT2D eigenvalue weighted by Gasteiger charge is -2.12. The summed E-state index contributed by atoms with van der Waals surface area (Å²) in [5.74, 6) is -0.771. The molecule has 0 aliphatic heterocycles. The molecule has 2 heterocycles. The van der Waals surface area contributed by atoms with Crippen molar-refractivity contribution in [2.45, 2.75) is 12.5 Å². The molecule has 3 aromatic rings. The van der Waals surface area contributed by atoms with E-state index in [0.717, 1.165) is 0 Å². The van der Waals surface area contributed by atoms with Crippen LogP contribution in [0.3, 0.4) is 0 Å². The summed E-state index contributed by atoms with van der Waals surface area (Å²) in [5.41, 5.74) is 1.19. The van der Waals surface area contributed by atoms with E-state index in [1.54, 1.807) is 35.2 Å². The van der Waals surface area contributed by atoms with E-state index in [4.69, 9.17) is 0 Å². The van der Waals surface area contributed by atoms with Crippen LogP contribution in [0.15, 0.2) is 42.7 Å². The maximum atomic E-state index is 13.1. The Balaban J connectivity index is 1.92. The second-order valence-corrected chi connectivity index (χ2v) is 4.53. The molecule has 1 aromatic carbocycles. The lowest BCUT2D eigenvalue weighted by molar-refractivity contribution is -0.140. The zero-order chi connectivity index (χ0) is 14.1. The first-order chi connectivity index (χ1) is 9.63. The smallest absolute Gasteiger partial charge is 0.327 e. The third-order valence-corrected chi connectivity index (χ3v) is 3.15. The molecule has 2 aromatic heterocycles. The van der Waals surface area contributed by atoms with Crippen LogP contribution in [0.4, 0.5) is 4.39 Å². The number of fused-ring (bicyclic) bond motifs is 1. The molecule has 0 amide bonds. The zero-order valence-electron chi connectivity index (χ0n) is 10.5. The maximum Gasteiger partial charge on any atom is 0.327 e. The summed E-state index contributed by atoms with van der Waals surface area (Å²) in [6.45, 7) is 0. The molecule has 20 heavy (non-hydrogen) atoms. The van der Waals surface area contributed by atoms with Crippen molar-refractivity contribution in [2.75, 3.05) is 0 Å². The van der Waals surface area contributed by atoms with Gasteiger partial charge in [0.15, 0.2) is 0 Å². The van der Waals surface area contributed by atoms with Gasteiger partial charge in [0, 0.05) is 18.8 Å². The summed E-state index contributed by atoms with van der Waals surface area (Å²) < 4.78 is 14.7. The van der Waals surface area contributed by atoms with Crippen LogP contribution in [-0.4, -0.2) is 25.6 Å². The minimum Gasteiger partial charge on any atom is -0.480 e. The summed E-state index contributed by atoms with van der Waals surface area (Å²) in [5, 5.41) is 9.30. The third kappa shape index (κ3) is 2.27. The van der Waals surface area contributed by atoms with Gasteiger partial charge < -0.3 is 14.7 Å². The number of carbonyl (C=O) groups is 1. The minimum atomic E-state index is -0.937. The lowest BCUT2D eigenvalue weighted by atomic mass is 10.2. The monoisotopic (exact) mass is 273 g/mol. The van der Waals surface area contributed by atoms with Gasteiger partial charge in [-0.25, -0.2) is 14.2 Å². The van der Waals surface area contributed by atoms with Crippen molar-refractivity contribution < 1.29 is 14.3 Å². The quantitative estimate of drug-likeness (QED) is 0.766. The van der Waals surface area contributed by atoms with Crippen LogP contribution in [-0.2, 0) is 11.2 Å². The number of carboxylic acids is 1. The Morgan fingerprint density at radius 1 is 1.40 bits per heavy atom. The van der Waals surface area contributed by atoms with Gasteiger partial charge in [-0.3, -0.25) is 0 Å². The van der Waals surface area contributed by atoms with E-state index in [0.29, 0.717) is 16.9 Å². The molecule has 3 rings (SSSR count). The molecule has 0 bridgehead atoms. The highest BCUT2D eigenvalue weighted by Gasteiger charge is 2.20. The maximum absolute atomic E-state index is 13.1. The topological polar surface area (TPSA) is 70.9 Å². The van der Waals surface area contributed by atoms with Crippen LogP contribution in [0, 0.1) is 5.82 Å². The largest absolute Gasteiger partial charge is 0.480 e. The number of aromatic nitrogens is 3. The molecular weight excluding hydrogens is 261 g/mol. The van der Waals surface area contributed by atoms with Crippen molar-refractivity contribution >= 4 is 17.0 Å². The molecule has 102 valence electrons. The van der Waals surface area contributed by atoms with Crippen LogP contribution in [0.1, 0.15) is 11.9 Å². The van der Waals surface area contributed by atoms with Crippen LogP contribution < -0.4 is 0 Å². The Morgan fingerprint density at radius 2 is 2.15 bits per heavy atom. The number of aromatic amines is 1.